The van der Waals surface area contributed by atoms with Gasteiger partial charge in [-0.2, -0.15) is 0 Å². The van der Waals surface area contributed by atoms with E-state index in [0.717, 1.165) is 12.8 Å². The second-order valence-electron chi connectivity index (χ2n) is 4.90. The molecule has 2 unspecified atom stereocenters. The minimum absolute atomic E-state index is 0.251. The summed E-state index contributed by atoms with van der Waals surface area (Å²) in [6.07, 6.45) is 4.61. The first kappa shape index (κ1) is 9.97. The summed E-state index contributed by atoms with van der Waals surface area (Å²) in [4.78, 5) is 13.5. The van der Waals surface area contributed by atoms with Crippen molar-refractivity contribution in [2.24, 2.45) is 11.7 Å². The van der Waals surface area contributed by atoms with Crippen molar-refractivity contribution < 1.29 is 4.79 Å². The molecule has 2 aliphatic rings. The van der Waals surface area contributed by atoms with Gasteiger partial charge in [-0.05, 0) is 38.5 Å². The minimum Gasteiger partial charge on any atom is -0.337 e. The third kappa shape index (κ3) is 1.54. The number of hydrogen-bond donors (Lipinski definition) is 1. The Hall–Kier alpha value is -0.570. The van der Waals surface area contributed by atoms with Gasteiger partial charge in [0, 0.05) is 25.0 Å². The Labute approximate surface area is 85.6 Å². The molecular weight excluding hydrogens is 176 g/mol. The number of carbonyl (C=O) groups is 1. The van der Waals surface area contributed by atoms with Crippen molar-refractivity contribution in [1.29, 1.82) is 0 Å². The van der Waals surface area contributed by atoms with E-state index in [1.807, 2.05) is 0 Å². The monoisotopic (exact) mass is 196 g/mol. The quantitative estimate of drug-likeness (QED) is 0.683. The minimum atomic E-state index is 0.251. The van der Waals surface area contributed by atoms with Crippen molar-refractivity contribution in [2.75, 3.05) is 0 Å². The molecule has 2 rings (SSSR count). The van der Waals surface area contributed by atoms with Crippen LogP contribution in [-0.2, 0) is 4.79 Å². The van der Waals surface area contributed by atoms with E-state index in [0.29, 0.717) is 18.0 Å². The smallest absolute Gasteiger partial charge is 0.219 e. The molecule has 0 aromatic heterocycles. The predicted octanol–water partition coefficient (Wildman–Crippen LogP) is 1.12. The molecule has 2 fully saturated rings. The molecule has 3 nitrogen and oxygen atoms in total. The number of nitrogens with two attached hydrogens (primary N) is 1. The molecule has 0 radical (unpaired) electrons. The first-order valence-electron chi connectivity index (χ1n) is 5.64. The molecule has 0 aromatic rings. The molecule has 0 saturated carbocycles. The summed E-state index contributed by atoms with van der Waals surface area (Å²) in [6, 6.07) is 1.26. The third-order valence-electron chi connectivity index (χ3n) is 3.88. The summed E-state index contributed by atoms with van der Waals surface area (Å²) in [6.45, 7) is 3.78. The normalized spacial score (nSPS) is 38.5. The van der Waals surface area contributed by atoms with Gasteiger partial charge in [0.15, 0.2) is 0 Å². The van der Waals surface area contributed by atoms with Gasteiger partial charge < -0.3 is 10.6 Å². The Morgan fingerprint density at radius 2 is 1.86 bits per heavy atom. The molecule has 2 N–H and O–H groups in total. The number of fused-ring (bicyclic) bond motifs is 2. The van der Waals surface area contributed by atoms with Crippen LogP contribution in [0.5, 0.6) is 0 Å². The zero-order valence-electron chi connectivity index (χ0n) is 9.07. The topological polar surface area (TPSA) is 46.3 Å². The lowest BCUT2D eigenvalue weighted by molar-refractivity contribution is -0.134. The molecule has 4 atom stereocenters. The molecule has 2 saturated heterocycles. The Balaban J connectivity index is 2.08. The van der Waals surface area contributed by atoms with Crippen LogP contribution < -0.4 is 5.73 Å². The van der Waals surface area contributed by atoms with Crippen LogP contribution in [0.3, 0.4) is 0 Å². The number of amides is 1. The fourth-order valence-corrected chi connectivity index (χ4v) is 3.16. The SMILES string of the molecule is CC(=O)N1[C@@H]2CC[C@H]1CC(C(C)N)C2. The van der Waals surface area contributed by atoms with Gasteiger partial charge in [-0.3, -0.25) is 4.79 Å². The van der Waals surface area contributed by atoms with Gasteiger partial charge in [0.25, 0.3) is 0 Å². The fraction of sp³-hybridized carbons (Fsp3) is 0.909. The maximum absolute atomic E-state index is 11.4. The second kappa shape index (κ2) is 3.54. The van der Waals surface area contributed by atoms with E-state index in [1.54, 1.807) is 6.92 Å². The van der Waals surface area contributed by atoms with E-state index < -0.39 is 0 Å². The molecular formula is C11H20N2O. The summed E-state index contributed by atoms with van der Waals surface area (Å²) in [5, 5.41) is 0. The van der Waals surface area contributed by atoms with Crippen molar-refractivity contribution in [3.63, 3.8) is 0 Å². The van der Waals surface area contributed by atoms with Crippen molar-refractivity contribution in [1.82, 2.24) is 4.90 Å². The summed E-state index contributed by atoms with van der Waals surface area (Å²) in [7, 11) is 0. The zero-order chi connectivity index (χ0) is 10.3. The van der Waals surface area contributed by atoms with Crippen molar-refractivity contribution in [3.05, 3.63) is 0 Å². The van der Waals surface area contributed by atoms with Gasteiger partial charge in [-0.25, -0.2) is 0 Å². The highest BCUT2D eigenvalue weighted by Gasteiger charge is 2.42. The Morgan fingerprint density at radius 3 is 2.21 bits per heavy atom. The fourth-order valence-electron chi connectivity index (χ4n) is 3.16. The maximum atomic E-state index is 11.4. The van der Waals surface area contributed by atoms with E-state index in [1.165, 1.54) is 12.8 Å². The zero-order valence-corrected chi connectivity index (χ0v) is 9.07. The van der Waals surface area contributed by atoms with Crippen molar-refractivity contribution in [3.8, 4) is 0 Å². The van der Waals surface area contributed by atoms with Gasteiger partial charge in [-0.15, -0.1) is 0 Å². The Bertz CT molecular complexity index is 225. The first-order valence-corrected chi connectivity index (χ1v) is 5.64. The first-order chi connectivity index (χ1) is 6.59. The highest BCUT2D eigenvalue weighted by Crippen LogP contribution is 2.39. The van der Waals surface area contributed by atoms with Crippen molar-refractivity contribution >= 4 is 5.91 Å². The van der Waals surface area contributed by atoms with E-state index in [2.05, 4.69) is 11.8 Å². The molecule has 0 spiro atoms. The standard InChI is InChI=1S/C11H20N2O/c1-7(12)9-5-10-3-4-11(6-9)13(10)8(2)14/h7,9-11H,3-6,12H2,1-2H3/t7?,9?,10-,11+. The molecule has 2 bridgehead atoms. The average Bonchev–Trinajstić information content (AvgIpc) is 2.37. The summed E-state index contributed by atoms with van der Waals surface area (Å²) >= 11 is 0. The largest absolute Gasteiger partial charge is 0.337 e. The number of rotatable bonds is 1. The Kier molecular flexibility index (Phi) is 2.52. The lowest BCUT2D eigenvalue weighted by Crippen LogP contribution is -2.48. The van der Waals surface area contributed by atoms with Crippen LogP contribution in [-0.4, -0.2) is 28.9 Å². The van der Waals surface area contributed by atoms with E-state index in [-0.39, 0.29) is 11.9 Å². The lowest BCUT2D eigenvalue weighted by Gasteiger charge is -2.39. The van der Waals surface area contributed by atoms with Crippen LogP contribution in [0.15, 0.2) is 0 Å². The summed E-state index contributed by atoms with van der Waals surface area (Å²) in [5.74, 6) is 0.878. The second-order valence-corrected chi connectivity index (χ2v) is 4.90. The van der Waals surface area contributed by atoms with Crippen LogP contribution >= 0.6 is 0 Å². The number of carbonyl (C=O) groups excluding carboxylic acids is 1. The van der Waals surface area contributed by atoms with Crippen LogP contribution in [0.1, 0.15) is 39.5 Å². The molecule has 1 amide bonds. The number of hydrogen-bond acceptors (Lipinski definition) is 2. The third-order valence-corrected chi connectivity index (χ3v) is 3.88. The predicted molar refractivity (Wildman–Crippen MR) is 55.7 cm³/mol. The highest BCUT2D eigenvalue weighted by molar-refractivity contribution is 5.74. The lowest BCUT2D eigenvalue weighted by atomic mass is 9.86. The average molecular weight is 196 g/mol. The molecule has 0 aliphatic carbocycles. The van der Waals surface area contributed by atoms with Gasteiger partial charge in [-0.1, -0.05) is 0 Å². The van der Waals surface area contributed by atoms with Crippen LogP contribution in [0, 0.1) is 5.92 Å². The molecule has 2 aliphatic heterocycles. The van der Waals surface area contributed by atoms with Crippen LogP contribution in [0.2, 0.25) is 0 Å². The summed E-state index contributed by atoms with van der Waals surface area (Å²) in [5.41, 5.74) is 5.94. The number of piperidine rings is 1. The van der Waals surface area contributed by atoms with Crippen LogP contribution in [0.25, 0.3) is 0 Å². The van der Waals surface area contributed by atoms with E-state index in [4.69, 9.17) is 5.73 Å². The molecule has 3 heteroatoms. The Morgan fingerprint density at radius 1 is 1.36 bits per heavy atom. The summed E-state index contributed by atoms with van der Waals surface area (Å²) < 4.78 is 0. The van der Waals surface area contributed by atoms with Gasteiger partial charge >= 0.3 is 0 Å². The van der Waals surface area contributed by atoms with Crippen LogP contribution in [0.4, 0.5) is 0 Å². The molecule has 0 aromatic carbocycles. The van der Waals surface area contributed by atoms with E-state index in [9.17, 15) is 4.79 Å². The molecule has 2 heterocycles. The van der Waals surface area contributed by atoms with Crippen molar-refractivity contribution in [2.45, 2.75) is 57.7 Å². The highest BCUT2D eigenvalue weighted by atomic mass is 16.2. The maximum Gasteiger partial charge on any atom is 0.219 e. The van der Waals surface area contributed by atoms with Gasteiger partial charge in [0.1, 0.15) is 0 Å². The van der Waals surface area contributed by atoms with Gasteiger partial charge in [0.05, 0.1) is 0 Å². The number of nitrogens with zero attached hydrogens (tertiary/aromatic N) is 1. The van der Waals surface area contributed by atoms with E-state index >= 15 is 0 Å². The van der Waals surface area contributed by atoms with Gasteiger partial charge in [0.2, 0.25) is 5.91 Å². The molecule has 80 valence electrons. The molecule has 14 heavy (non-hydrogen) atoms.